The molecule has 0 saturated carbocycles. The molecule has 29 heavy (non-hydrogen) atoms. The van der Waals surface area contributed by atoms with Gasteiger partial charge in [-0.05, 0) is 51.4 Å². The number of piperidine rings is 1. The molecule has 162 valence electrons. The van der Waals surface area contributed by atoms with E-state index in [2.05, 4.69) is 24.1 Å². The number of hydrogen-bond acceptors (Lipinski definition) is 4. The molecule has 0 bridgehead atoms. The molecule has 1 aliphatic rings. The van der Waals surface area contributed by atoms with Crippen LogP contribution in [0.5, 0.6) is 0 Å². The van der Waals surface area contributed by atoms with Crippen LogP contribution in [0.15, 0.2) is 36.4 Å². The van der Waals surface area contributed by atoms with Crippen molar-refractivity contribution in [1.82, 2.24) is 10.2 Å². The highest BCUT2D eigenvalue weighted by molar-refractivity contribution is 5.89. The van der Waals surface area contributed by atoms with E-state index in [-0.39, 0.29) is 6.04 Å². The molecule has 1 aliphatic heterocycles. The summed E-state index contributed by atoms with van der Waals surface area (Å²) < 4.78 is 39.3. The molecule has 1 heterocycles. The second kappa shape index (κ2) is 11.6. The molecule has 0 spiro atoms. The Bertz CT molecular complexity index is 683. The van der Waals surface area contributed by atoms with Crippen LogP contribution in [0, 0.1) is 0 Å². The number of nitrogens with zero attached hydrogens (tertiary/aromatic N) is 1. The fourth-order valence-electron chi connectivity index (χ4n) is 3.15. The molecule has 0 unspecified atom stereocenters. The maximum absolute atomic E-state index is 13.1. The van der Waals surface area contributed by atoms with Crippen LogP contribution in [0.4, 0.5) is 13.2 Å². The minimum atomic E-state index is -4.28. The topological polar surface area (TPSA) is 89.9 Å². The zero-order chi connectivity index (χ0) is 22.0. The predicted molar refractivity (Wildman–Crippen MR) is 102 cm³/mol. The fraction of sp³-hybridized carbons (Fsp3) is 0.500. The Balaban J connectivity index is 0.000000447. The number of carbonyl (C=O) groups is 2. The number of benzene rings is 1. The van der Waals surface area contributed by atoms with Gasteiger partial charge >= 0.3 is 18.1 Å². The van der Waals surface area contributed by atoms with Gasteiger partial charge in [-0.1, -0.05) is 18.2 Å². The van der Waals surface area contributed by atoms with Crippen LogP contribution < -0.4 is 5.32 Å². The van der Waals surface area contributed by atoms with E-state index in [9.17, 15) is 22.8 Å². The van der Waals surface area contributed by atoms with Gasteiger partial charge in [-0.2, -0.15) is 13.2 Å². The molecule has 0 radical (unpaired) electrons. The molecule has 1 aromatic carbocycles. The van der Waals surface area contributed by atoms with E-state index in [0.717, 1.165) is 25.9 Å². The molecule has 3 N–H and O–H groups in total. The zero-order valence-corrected chi connectivity index (χ0v) is 16.4. The Morgan fingerprint density at radius 2 is 1.66 bits per heavy atom. The van der Waals surface area contributed by atoms with Crippen molar-refractivity contribution in [3.8, 4) is 0 Å². The summed E-state index contributed by atoms with van der Waals surface area (Å²) in [6.45, 7) is 6.35. The summed E-state index contributed by atoms with van der Waals surface area (Å²) in [6, 6.07) is 6.50. The lowest BCUT2D eigenvalue weighted by atomic mass is 10.00. The van der Waals surface area contributed by atoms with Gasteiger partial charge in [0.15, 0.2) is 0 Å². The molecule has 1 aromatic rings. The van der Waals surface area contributed by atoms with Gasteiger partial charge in [-0.25, -0.2) is 9.59 Å². The number of alkyl halides is 3. The van der Waals surface area contributed by atoms with Crippen molar-refractivity contribution in [2.45, 2.75) is 51.5 Å². The van der Waals surface area contributed by atoms with Gasteiger partial charge < -0.3 is 15.5 Å². The number of carboxylic acids is 2. The van der Waals surface area contributed by atoms with E-state index in [0.29, 0.717) is 30.3 Å². The third-order valence-corrected chi connectivity index (χ3v) is 4.49. The molecule has 0 aromatic heterocycles. The standard InChI is InChI=1S/C16H23F3N2.C4H4O4/c1-12(2)21(14-7-9-20-10-8-14)11-13-5-3-4-6-15(13)16(17,18)19;5-3(6)1-2-4(7)8/h3-6,12,14,20H,7-11H2,1-2H3;1-2H,(H,5,6)(H,7,8). The summed E-state index contributed by atoms with van der Waals surface area (Å²) in [5.74, 6) is -2.51. The lowest BCUT2D eigenvalue weighted by molar-refractivity contribution is -0.138. The Hall–Kier alpha value is -2.39. The van der Waals surface area contributed by atoms with E-state index in [4.69, 9.17) is 10.2 Å². The van der Waals surface area contributed by atoms with E-state index in [1.807, 2.05) is 0 Å². The Labute approximate surface area is 168 Å². The van der Waals surface area contributed by atoms with Crippen LogP contribution in [0.2, 0.25) is 0 Å². The number of nitrogens with one attached hydrogen (secondary N) is 1. The fourth-order valence-corrected chi connectivity index (χ4v) is 3.15. The number of carboxylic acid groups (broad SMARTS) is 2. The molecule has 1 saturated heterocycles. The van der Waals surface area contributed by atoms with Gasteiger partial charge in [0.1, 0.15) is 0 Å². The van der Waals surface area contributed by atoms with Gasteiger partial charge in [-0.3, -0.25) is 4.90 Å². The van der Waals surface area contributed by atoms with Crippen LogP contribution in [0.1, 0.15) is 37.8 Å². The van der Waals surface area contributed by atoms with Gasteiger partial charge in [0.05, 0.1) is 5.56 Å². The normalized spacial score (nSPS) is 15.4. The van der Waals surface area contributed by atoms with Gasteiger partial charge in [-0.15, -0.1) is 0 Å². The molecule has 0 aliphatic carbocycles. The SMILES string of the molecule is CC(C)N(Cc1ccccc1C(F)(F)F)C1CCNCC1.O=C(O)C=CC(=O)O. The third-order valence-electron chi connectivity index (χ3n) is 4.49. The quantitative estimate of drug-likeness (QED) is 0.616. The molecule has 1 fully saturated rings. The van der Waals surface area contributed by atoms with Crippen molar-refractivity contribution >= 4 is 11.9 Å². The van der Waals surface area contributed by atoms with Crippen LogP contribution in [-0.2, 0) is 22.3 Å². The smallest absolute Gasteiger partial charge is 0.416 e. The van der Waals surface area contributed by atoms with Crippen LogP contribution in [-0.4, -0.2) is 52.2 Å². The first-order valence-electron chi connectivity index (χ1n) is 9.27. The van der Waals surface area contributed by atoms with E-state index < -0.39 is 23.7 Å². The van der Waals surface area contributed by atoms with Crippen molar-refractivity contribution in [1.29, 1.82) is 0 Å². The summed E-state index contributed by atoms with van der Waals surface area (Å²) in [6.07, 6.45) is -1.18. The van der Waals surface area contributed by atoms with Crippen molar-refractivity contribution in [2.75, 3.05) is 13.1 Å². The van der Waals surface area contributed by atoms with E-state index >= 15 is 0 Å². The largest absolute Gasteiger partial charge is 0.478 e. The Kier molecular flexibility index (Phi) is 9.84. The van der Waals surface area contributed by atoms with Crippen molar-refractivity contribution in [2.24, 2.45) is 0 Å². The minimum absolute atomic E-state index is 0.231. The number of halogens is 3. The first kappa shape index (κ1) is 24.6. The maximum atomic E-state index is 13.1. The molecular weight excluding hydrogens is 389 g/mol. The molecule has 0 atom stereocenters. The van der Waals surface area contributed by atoms with Gasteiger partial charge in [0, 0.05) is 30.8 Å². The van der Waals surface area contributed by atoms with Crippen LogP contribution in [0.25, 0.3) is 0 Å². The maximum Gasteiger partial charge on any atom is 0.416 e. The summed E-state index contributed by atoms with van der Waals surface area (Å²) >= 11 is 0. The van der Waals surface area contributed by atoms with E-state index in [1.54, 1.807) is 12.1 Å². The zero-order valence-electron chi connectivity index (χ0n) is 16.4. The highest BCUT2D eigenvalue weighted by atomic mass is 19.4. The molecule has 6 nitrogen and oxygen atoms in total. The summed E-state index contributed by atoms with van der Waals surface area (Å²) in [4.78, 5) is 21.3. The molecule has 9 heteroatoms. The first-order chi connectivity index (χ1) is 13.5. The average Bonchev–Trinajstić information content (AvgIpc) is 2.65. The average molecular weight is 416 g/mol. The number of hydrogen-bond donors (Lipinski definition) is 3. The molecule has 0 amide bonds. The Morgan fingerprint density at radius 1 is 1.14 bits per heavy atom. The second-order valence-electron chi connectivity index (χ2n) is 6.91. The monoisotopic (exact) mass is 416 g/mol. The first-order valence-corrected chi connectivity index (χ1v) is 9.27. The van der Waals surface area contributed by atoms with Crippen molar-refractivity contribution in [3.63, 3.8) is 0 Å². The van der Waals surface area contributed by atoms with Crippen LogP contribution in [0.3, 0.4) is 0 Å². The van der Waals surface area contributed by atoms with Crippen molar-refractivity contribution < 1.29 is 33.0 Å². The lowest BCUT2D eigenvalue weighted by Crippen LogP contribution is -2.46. The lowest BCUT2D eigenvalue weighted by Gasteiger charge is -2.38. The third kappa shape index (κ3) is 9.10. The highest BCUT2D eigenvalue weighted by Gasteiger charge is 2.34. The number of rotatable bonds is 6. The second-order valence-corrected chi connectivity index (χ2v) is 6.91. The highest BCUT2D eigenvalue weighted by Crippen LogP contribution is 2.33. The number of aliphatic carboxylic acids is 2. The molecular formula is C20H27F3N2O4. The van der Waals surface area contributed by atoms with Crippen LogP contribution >= 0.6 is 0 Å². The summed E-state index contributed by atoms with van der Waals surface area (Å²) in [5, 5.41) is 18.9. The summed E-state index contributed by atoms with van der Waals surface area (Å²) in [5.41, 5.74) is -0.137. The van der Waals surface area contributed by atoms with E-state index in [1.165, 1.54) is 12.1 Å². The van der Waals surface area contributed by atoms with Gasteiger partial charge in [0.25, 0.3) is 0 Å². The Morgan fingerprint density at radius 3 is 2.10 bits per heavy atom. The molecule has 2 rings (SSSR count). The van der Waals surface area contributed by atoms with Crippen molar-refractivity contribution in [3.05, 3.63) is 47.5 Å². The predicted octanol–water partition coefficient (Wildman–Crippen LogP) is 3.38. The minimum Gasteiger partial charge on any atom is -0.478 e. The summed E-state index contributed by atoms with van der Waals surface area (Å²) in [7, 11) is 0. The van der Waals surface area contributed by atoms with Gasteiger partial charge in [0.2, 0.25) is 0 Å².